The summed E-state index contributed by atoms with van der Waals surface area (Å²) in [7, 11) is 0. The Labute approximate surface area is 228 Å². The number of anilines is 1. The number of para-hydroxylation sites is 1. The van der Waals surface area contributed by atoms with Crippen molar-refractivity contribution in [1.82, 2.24) is 9.38 Å². The van der Waals surface area contributed by atoms with Crippen LogP contribution in [0.4, 0.5) is 5.00 Å². The largest absolute Gasteiger partial charge is 0.462 e. The molecular weight excluding hydrogens is 516 g/mol. The molecule has 39 heavy (non-hydrogen) atoms. The van der Waals surface area contributed by atoms with Gasteiger partial charge in [-0.25, -0.2) is 4.79 Å². The number of fused-ring (bicyclic) bond motifs is 2. The number of nitriles is 1. The van der Waals surface area contributed by atoms with E-state index in [0.29, 0.717) is 22.0 Å². The third-order valence-corrected chi connectivity index (χ3v) is 7.43. The predicted molar refractivity (Wildman–Crippen MR) is 147 cm³/mol. The number of rotatable bonds is 7. The quantitative estimate of drug-likeness (QED) is 0.195. The van der Waals surface area contributed by atoms with Crippen LogP contribution in [0.3, 0.4) is 0 Å². The molecule has 0 aliphatic heterocycles. The second-order valence-electron chi connectivity index (χ2n) is 8.74. The van der Waals surface area contributed by atoms with E-state index >= 15 is 0 Å². The molecule has 0 saturated heterocycles. The highest BCUT2D eigenvalue weighted by Crippen LogP contribution is 2.39. The van der Waals surface area contributed by atoms with Crippen LogP contribution in [0.1, 0.15) is 46.1 Å². The molecule has 0 fully saturated rings. The van der Waals surface area contributed by atoms with Crippen molar-refractivity contribution in [3.05, 3.63) is 92.2 Å². The molecule has 1 aromatic carbocycles. The highest BCUT2D eigenvalue weighted by molar-refractivity contribution is 7.17. The first-order chi connectivity index (χ1) is 19.0. The van der Waals surface area contributed by atoms with Crippen LogP contribution in [0, 0.1) is 11.3 Å². The van der Waals surface area contributed by atoms with Gasteiger partial charge in [0.15, 0.2) is 0 Å². The molecule has 0 atom stereocenters. The fourth-order valence-electron chi connectivity index (χ4n) is 4.42. The van der Waals surface area contributed by atoms with Gasteiger partial charge < -0.3 is 14.8 Å². The molecule has 5 rings (SSSR count). The fraction of sp³-hybridized carbons (Fsp3) is 0.207. The van der Waals surface area contributed by atoms with Gasteiger partial charge in [-0.2, -0.15) is 10.2 Å². The molecule has 3 heterocycles. The van der Waals surface area contributed by atoms with Gasteiger partial charge in [0.25, 0.3) is 11.5 Å². The summed E-state index contributed by atoms with van der Waals surface area (Å²) in [6, 6.07) is 15.7. The smallest absolute Gasteiger partial charge is 0.341 e. The van der Waals surface area contributed by atoms with Crippen LogP contribution >= 0.6 is 11.3 Å². The number of thiophene rings is 1. The summed E-state index contributed by atoms with van der Waals surface area (Å²) in [4.78, 5) is 45.0. The number of amides is 1. The molecule has 0 unspecified atom stereocenters. The van der Waals surface area contributed by atoms with E-state index in [1.165, 1.54) is 21.8 Å². The molecule has 1 N–H and O–H groups in total. The Kier molecular flexibility index (Phi) is 7.52. The van der Waals surface area contributed by atoms with Gasteiger partial charge in [-0.3, -0.25) is 14.0 Å². The molecule has 10 heteroatoms. The zero-order valence-electron chi connectivity index (χ0n) is 21.1. The predicted octanol–water partition coefficient (Wildman–Crippen LogP) is 5.15. The SMILES string of the molecule is CCOC(=O)c1c(NC(=O)/C(C#N)=C/c2c(Oc3ccccc3)nc3ccccn3c2=O)sc2c1CCCC2. The Hall–Kier alpha value is -4.75. The minimum Gasteiger partial charge on any atom is -0.462 e. The van der Waals surface area contributed by atoms with Gasteiger partial charge in [0.05, 0.1) is 12.2 Å². The zero-order chi connectivity index (χ0) is 27.4. The number of hydrogen-bond donors (Lipinski definition) is 1. The lowest BCUT2D eigenvalue weighted by Gasteiger charge is -2.12. The monoisotopic (exact) mass is 540 g/mol. The van der Waals surface area contributed by atoms with E-state index in [1.54, 1.807) is 55.6 Å². The number of carbonyl (C=O) groups is 2. The van der Waals surface area contributed by atoms with Gasteiger partial charge in [-0.15, -0.1) is 11.3 Å². The number of nitrogens with one attached hydrogen (secondary N) is 1. The normalized spacial score (nSPS) is 12.9. The van der Waals surface area contributed by atoms with Crippen LogP contribution < -0.4 is 15.6 Å². The van der Waals surface area contributed by atoms with Gasteiger partial charge in [-0.05, 0) is 68.5 Å². The van der Waals surface area contributed by atoms with Crippen molar-refractivity contribution in [2.24, 2.45) is 0 Å². The number of ether oxygens (including phenoxy) is 2. The molecule has 4 aromatic rings. The Bertz CT molecular complexity index is 1700. The third kappa shape index (κ3) is 5.30. The molecular formula is C29H24N4O5S. The van der Waals surface area contributed by atoms with E-state index in [1.807, 2.05) is 12.1 Å². The van der Waals surface area contributed by atoms with Crippen LogP contribution in [0.25, 0.3) is 11.7 Å². The zero-order valence-corrected chi connectivity index (χ0v) is 21.9. The van der Waals surface area contributed by atoms with Crippen molar-refractivity contribution in [2.45, 2.75) is 32.6 Å². The summed E-state index contributed by atoms with van der Waals surface area (Å²) in [5, 5.41) is 13.0. The van der Waals surface area contributed by atoms with E-state index in [-0.39, 0.29) is 23.6 Å². The Morgan fingerprint density at radius 1 is 1.15 bits per heavy atom. The highest BCUT2D eigenvalue weighted by atomic mass is 32.1. The fourth-order valence-corrected chi connectivity index (χ4v) is 5.69. The summed E-state index contributed by atoms with van der Waals surface area (Å²) in [5.74, 6) is -0.877. The van der Waals surface area contributed by atoms with E-state index in [0.717, 1.165) is 36.1 Å². The van der Waals surface area contributed by atoms with Crippen LogP contribution in [-0.4, -0.2) is 27.9 Å². The first kappa shape index (κ1) is 25.9. The molecule has 196 valence electrons. The average Bonchev–Trinajstić information content (AvgIpc) is 3.31. The van der Waals surface area contributed by atoms with Crippen molar-refractivity contribution in [3.8, 4) is 17.7 Å². The summed E-state index contributed by atoms with van der Waals surface area (Å²) in [5.41, 5.74) is 0.651. The molecule has 0 saturated carbocycles. The van der Waals surface area contributed by atoms with Crippen molar-refractivity contribution < 1.29 is 19.1 Å². The topological polar surface area (TPSA) is 123 Å². The minimum absolute atomic E-state index is 0.0447. The number of hydrogen-bond acceptors (Lipinski definition) is 8. The molecule has 1 aliphatic carbocycles. The summed E-state index contributed by atoms with van der Waals surface area (Å²) < 4.78 is 12.5. The van der Waals surface area contributed by atoms with Crippen LogP contribution in [0.5, 0.6) is 11.6 Å². The molecule has 1 amide bonds. The summed E-state index contributed by atoms with van der Waals surface area (Å²) >= 11 is 1.32. The van der Waals surface area contributed by atoms with Crippen molar-refractivity contribution >= 4 is 39.9 Å². The third-order valence-electron chi connectivity index (χ3n) is 6.22. The number of pyridine rings is 1. The molecule has 3 aromatic heterocycles. The maximum Gasteiger partial charge on any atom is 0.341 e. The lowest BCUT2D eigenvalue weighted by molar-refractivity contribution is -0.112. The van der Waals surface area contributed by atoms with Crippen LogP contribution in [0.15, 0.2) is 65.1 Å². The molecule has 0 bridgehead atoms. The number of aryl methyl sites for hydroxylation is 1. The standard InChI is InChI=1S/C29H24N4O5S/c1-2-37-29(36)24-20-12-6-7-13-22(20)39-27(24)32-25(34)18(17-30)16-21-26(38-19-10-4-3-5-11-19)31-23-14-8-9-15-33(23)28(21)35/h3-5,8-11,14-16H,2,6-7,12-13H2,1H3,(H,32,34)/b18-16+. The second-order valence-corrected chi connectivity index (χ2v) is 9.84. The van der Waals surface area contributed by atoms with Gasteiger partial charge in [-0.1, -0.05) is 24.3 Å². The average molecular weight is 541 g/mol. The Balaban J connectivity index is 1.56. The lowest BCUT2D eigenvalue weighted by Crippen LogP contribution is -2.20. The Morgan fingerprint density at radius 3 is 2.69 bits per heavy atom. The second kappa shape index (κ2) is 11.3. The van der Waals surface area contributed by atoms with Crippen LogP contribution in [-0.2, 0) is 22.4 Å². The van der Waals surface area contributed by atoms with Crippen molar-refractivity contribution in [1.29, 1.82) is 5.26 Å². The van der Waals surface area contributed by atoms with Crippen molar-refractivity contribution in [2.75, 3.05) is 11.9 Å². The highest BCUT2D eigenvalue weighted by Gasteiger charge is 2.28. The van der Waals surface area contributed by atoms with E-state index in [2.05, 4.69) is 10.3 Å². The molecule has 9 nitrogen and oxygen atoms in total. The summed E-state index contributed by atoms with van der Waals surface area (Å²) in [6.45, 7) is 1.92. The number of benzene rings is 1. The molecule has 0 radical (unpaired) electrons. The number of esters is 1. The van der Waals surface area contributed by atoms with Gasteiger partial charge >= 0.3 is 5.97 Å². The molecule has 0 spiro atoms. The number of carbonyl (C=O) groups excluding carboxylic acids is 2. The first-order valence-electron chi connectivity index (χ1n) is 12.5. The minimum atomic E-state index is -0.759. The maximum atomic E-state index is 13.4. The lowest BCUT2D eigenvalue weighted by atomic mass is 9.95. The molecule has 1 aliphatic rings. The van der Waals surface area contributed by atoms with Gasteiger partial charge in [0.1, 0.15) is 33.6 Å². The van der Waals surface area contributed by atoms with Crippen molar-refractivity contribution in [3.63, 3.8) is 0 Å². The van der Waals surface area contributed by atoms with Gasteiger partial charge in [0, 0.05) is 11.1 Å². The maximum absolute atomic E-state index is 13.4. The van der Waals surface area contributed by atoms with Gasteiger partial charge in [0.2, 0.25) is 5.88 Å². The van der Waals surface area contributed by atoms with Crippen LogP contribution in [0.2, 0.25) is 0 Å². The van der Waals surface area contributed by atoms with E-state index < -0.39 is 17.4 Å². The van der Waals surface area contributed by atoms with E-state index in [4.69, 9.17) is 9.47 Å². The number of nitrogens with zero attached hydrogens (tertiary/aromatic N) is 3. The summed E-state index contributed by atoms with van der Waals surface area (Å²) in [6.07, 6.45) is 6.17. The Morgan fingerprint density at radius 2 is 1.92 bits per heavy atom. The first-order valence-corrected chi connectivity index (χ1v) is 13.3. The van der Waals surface area contributed by atoms with E-state index in [9.17, 15) is 19.6 Å². The number of aromatic nitrogens is 2.